The number of likely N-dealkylation sites (tertiary alicyclic amines) is 1. The maximum absolute atomic E-state index is 6.13. The van der Waals surface area contributed by atoms with Crippen molar-refractivity contribution in [2.24, 2.45) is 12.0 Å². The number of guanidine groups is 1. The summed E-state index contributed by atoms with van der Waals surface area (Å²) in [7, 11) is 6.13. The van der Waals surface area contributed by atoms with Crippen molar-refractivity contribution < 1.29 is 4.74 Å². The van der Waals surface area contributed by atoms with Crippen LogP contribution in [0.25, 0.3) is 0 Å². The minimum absolute atomic E-state index is 0.205. The zero-order valence-electron chi connectivity index (χ0n) is 18.1. The van der Waals surface area contributed by atoms with Gasteiger partial charge in [-0.1, -0.05) is 18.2 Å². The van der Waals surface area contributed by atoms with Gasteiger partial charge < -0.3 is 19.9 Å². The number of aromatic nitrogens is 2. The predicted octanol–water partition coefficient (Wildman–Crippen LogP) is 2.53. The van der Waals surface area contributed by atoms with E-state index < -0.39 is 0 Å². The highest BCUT2D eigenvalue weighted by molar-refractivity contribution is 5.80. The van der Waals surface area contributed by atoms with Crippen molar-refractivity contribution in [2.45, 2.75) is 31.9 Å². The first kappa shape index (κ1) is 21.2. The number of likely N-dealkylation sites (N-methyl/N-ethyl adjacent to an activating group) is 1. The first-order valence-electron chi connectivity index (χ1n) is 10.5. The molecule has 2 aromatic rings. The Labute approximate surface area is 174 Å². The fourth-order valence-electron chi connectivity index (χ4n) is 3.65. The minimum Gasteiger partial charge on any atom is -0.490 e. The fourth-order valence-corrected chi connectivity index (χ4v) is 3.65. The molecule has 1 atom stereocenters. The van der Waals surface area contributed by atoms with E-state index in [0.717, 1.165) is 44.2 Å². The van der Waals surface area contributed by atoms with Crippen molar-refractivity contribution in [2.75, 3.05) is 40.3 Å². The molecule has 0 aliphatic carbocycles. The van der Waals surface area contributed by atoms with E-state index >= 15 is 0 Å². The van der Waals surface area contributed by atoms with E-state index in [4.69, 9.17) is 9.73 Å². The Bertz CT molecular complexity index is 765. The lowest BCUT2D eigenvalue weighted by Gasteiger charge is -2.34. The molecule has 7 heteroatoms. The van der Waals surface area contributed by atoms with E-state index in [-0.39, 0.29) is 12.1 Å². The van der Waals surface area contributed by atoms with Gasteiger partial charge >= 0.3 is 0 Å². The number of hydrogen-bond acceptors (Lipinski definition) is 4. The highest BCUT2D eigenvalue weighted by atomic mass is 16.5. The molecule has 1 aliphatic heterocycles. The van der Waals surface area contributed by atoms with Crippen LogP contribution in [-0.2, 0) is 7.05 Å². The molecule has 158 valence electrons. The molecule has 1 aromatic carbocycles. The zero-order valence-corrected chi connectivity index (χ0v) is 18.1. The van der Waals surface area contributed by atoms with Crippen LogP contribution in [-0.4, -0.2) is 71.9 Å². The second-order valence-electron chi connectivity index (χ2n) is 7.74. The molecule has 2 heterocycles. The number of aliphatic imine (C=N–C) groups is 1. The molecular formula is C22H34N6O. The van der Waals surface area contributed by atoms with E-state index in [2.05, 4.69) is 47.4 Å². The molecule has 0 spiro atoms. The molecule has 0 amide bonds. The number of piperidine rings is 1. The summed E-state index contributed by atoms with van der Waals surface area (Å²) in [5.41, 5.74) is 1.19. The van der Waals surface area contributed by atoms with Crippen molar-refractivity contribution in [1.82, 2.24) is 24.9 Å². The Morgan fingerprint density at radius 3 is 2.59 bits per heavy atom. The minimum atomic E-state index is 0.205. The smallest absolute Gasteiger partial charge is 0.193 e. The number of para-hydroxylation sites is 1. The molecule has 1 aliphatic rings. The number of benzene rings is 1. The van der Waals surface area contributed by atoms with Gasteiger partial charge in [0, 0.05) is 51.3 Å². The summed E-state index contributed by atoms with van der Waals surface area (Å²) in [5, 5.41) is 7.78. The average Bonchev–Trinajstić information content (AvgIpc) is 3.14. The van der Waals surface area contributed by atoms with E-state index in [0.29, 0.717) is 6.54 Å². The van der Waals surface area contributed by atoms with Crippen LogP contribution in [0.1, 0.15) is 31.4 Å². The SMILES string of the molecule is CCNC(=NCC(c1cnn(C)c1)N(C)C)N1CCC(Oc2ccccc2)CC1. The highest BCUT2D eigenvalue weighted by Crippen LogP contribution is 2.20. The molecule has 0 saturated carbocycles. The fraction of sp³-hybridized carbons (Fsp3) is 0.545. The third-order valence-electron chi connectivity index (χ3n) is 5.27. The number of nitrogens with zero attached hydrogens (tertiary/aromatic N) is 5. The molecule has 1 N–H and O–H groups in total. The van der Waals surface area contributed by atoms with Gasteiger partial charge in [-0.05, 0) is 33.2 Å². The normalized spacial score (nSPS) is 16.9. The van der Waals surface area contributed by atoms with Crippen LogP contribution in [0.4, 0.5) is 0 Å². The number of aryl methyl sites for hydroxylation is 1. The molecule has 1 aromatic heterocycles. The number of nitrogens with one attached hydrogen (secondary N) is 1. The van der Waals surface area contributed by atoms with E-state index in [9.17, 15) is 0 Å². The van der Waals surface area contributed by atoms with Gasteiger partial charge in [-0.25, -0.2) is 0 Å². The summed E-state index contributed by atoms with van der Waals surface area (Å²) in [4.78, 5) is 9.52. The monoisotopic (exact) mass is 398 g/mol. The van der Waals surface area contributed by atoms with Crippen LogP contribution < -0.4 is 10.1 Å². The van der Waals surface area contributed by atoms with Crippen LogP contribution >= 0.6 is 0 Å². The quantitative estimate of drug-likeness (QED) is 0.574. The summed E-state index contributed by atoms with van der Waals surface area (Å²) in [6.07, 6.45) is 6.26. The third-order valence-corrected chi connectivity index (χ3v) is 5.27. The van der Waals surface area contributed by atoms with Gasteiger partial charge in [-0.15, -0.1) is 0 Å². The van der Waals surface area contributed by atoms with Crippen molar-refractivity contribution >= 4 is 5.96 Å². The second-order valence-corrected chi connectivity index (χ2v) is 7.74. The van der Waals surface area contributed by atoms with Crippen molar-refractivity contribution in [3.05, 3.63) is 48.3 Å². The van der Waals surface area contributed by atoms with Crippen LogP contribution in [0.15, 0.2) is 47.7 Å². The molecule has 0 bridgehead atoms. The summed E-state index contributed by atoms with van der Waals surface area (Å²) >= 11 is 0. The molecule has 1 saturated heterocycles. The van der Waals surface area contributed by atoms with Gasteiger partial charge in [0.1, 0.15) is 11.9 Å². The van der Waals surface area contributed by atoms with Gasteiger partial charge in [0.15, 0.2) is 5.96 Å². The number of hydrogen-bond donors (Lipinski definition) is 1. The van der Waals surface area contributed by atoms with Gasteiger partial charge in [0.05, 0.1) is 18.8 Å². The maximum Gasteiger partial charge on any atom is 0.193 e. The Hall–Kier alpha value is -2.54. The van der Waals surface area contributed by atoms with Crippen molar-refractivity contribution in [1.29, 1.82) is 0 Å². The van der Waals surface area contributed by atoms with Gasteiger partial charge in [-0.3, -0.25) is 9.67 Å². The van der Waals surface area contributed by atoms with Crippen LogP contribution in [0.5, 0.6) is 5.75 Å². The van der Waals surface area contributed by atoms with Crippen LogP contribution in [0.2, 0.25) is 0 Å². The maximum atomic E-state index is 6.13. The average molecular weight is 399 g/mol. The molecule has 7 nitrogen and oxygen atoms in total. The second kappa shape index (κ2) is 10.3. The van der Waals surface area contributed by atoms with Gasteiger partial charge in [-0.2, -0.15) is 5.10 Å². The summed E-state index contributed by atoms with van der Waals surface area (Å²) < 4.78 is 7.98. The molecule has 0 radical (unpaired) electrons. The lowest BCUT2D eigenvalue weighted by molar-refractivity contribution is 0.129. The zero-order chi connectivity index (χ0) is 20.6. The van der Waals surface area contributed by atoms with Gasteiger partial charge in [0.25, 0.3) is 0 Å². The first-order chi connectivity index (χ1) is 14.1. The molecule has 1 unspecified atom stereocenters. The number of rotatable bonds is 7. The molecule has 3 rings (SSSR count). The Kier molecular flexibility index (Phi) is 7.52. The highest BCUT2D eigenvalue weighted by Gasteiger charge is 2.23. The topological polar surface area (TPSA) is 57.9 Å². The summed E-state index contributed by atoms with van der Waals surface area (Å²) in [5.74, 6) is 1.94. The number of ether oxygens (including phenoxy) is 1. The molecule has 1 fully saturated rings. The predicted molar refractivity (Wildman–Crippen MR) is 117 cm³/mol. The lowest BCUT2D eigenvalue weighted by atomic mass is 10.1. The van der Waals surface area contributed by atoms with E-state index in [1.165, 1.54) is 5.56 Å². The Morgan fingerprint density at radius 1 is 1.28 bits per heavy atom. The van der Waals surface area contributed by atoms with Gasteiger partial charge in [0.2, 0.25) is 0 Å². The Morgan fingerprint density at radius 2 is 2.00 bits per heavy atom. The first-order valence-corrected chi connectivity index (χ1v) is 10.5. The standard InChI is InChI=1S/C22H34N6O/c1-5-23-22(24-16-21(26(2)3)18-15-25-27(4)17-18)28-13-11-20(12-14-28)29-19-9-7-6-8-10-19/h6-10,15,17,20-21H,5,11-14,16H2,1-4H3,(H,23,24). The third kappa shape index (κ3) is 5.97. The van der Waals surface area contributed by atoms with Crippen LogP contribution in [0, 0.1) is 0 Å². The molecule has 29 heavy (non-hydrogen) atoms. The van der Waals surface area contributed by atoms with Crippen molar-refractivity contribution in [3.63, 3.8) is 0 Å². The van der Waals surface area contributed by atoms with E-state index in [1.54, 1.807) is 0 Å². The summed E-state index contributed by atoms with van der Waals surface area (Å²) in [6, 6.07) is 10.3. The van der Waals surface area contributed by atoms with E-state index in [1.807, 2.05) is 48.3 Å². The largest absolute Gasteiger partial charge is 0.490 e. The summed E-state index contributed by atoms with van der Waals surface area (Å²) in [6.45, 7) is 5.57. The van der Waals surface area contributed by atoms with Crippen molar-refractivity contribution in [3.8, 4) is 5.75 Å². The Balaban J connectivity index is 1.60. The molecular weight excluding hydrogens is 364 g/mol. The lowest BCUT2D eigenvalue weighted by Crippen LogP contribution is -2.47. The van der Waals surface area contributed by atoms with Crippen LogP contribution in [0.3, 0.4) is 0 Å².